The van der Waals surface area contributed by atoms with Gasteiger partial charge in [0, 0.05) is 67.0 Å². The van der Waals surface area contributed by atoms with Gasteiger partial charge in [-0.25, -0.2) is 0 Å². The second-order valence-corrected chi connectivity index (χ2v) is 33.5. The lowest BCUT2D eigenvalue weighted by Crippen LogP contribution is -2.61. The van der Waals surface area contributed by atoms with Gasteiger partial charge in [-0.3, -0.25) is 0 Å². The molecule has 0 bridgehead atoms. The Bertz CT molecular complexity index is 5410. The fourth-order valence-corrected chi connectivity index (χ4v) is 16.4. The van der Waals surface area contributed by atoms with E-state index in [-0.39, 0.29) is 33.8 Å². The van der Waals surface area contributed by atoms with Gasteiger partial charge in [0.2, 0.25) is 0 Å². The Kier molecular flexibility index (Phi) is 13.9. The van der Waals surface area contributed by atoms with E-state index in [1.165, 1.54) is 154 Å². The smallest absolute Gasteiger partial charge is 0.252 e. The molecule has 0 unspecified atom stereocenters. The molecule has 0 atom stereocenters. The molecule has 4 heterocycles. The number of hydrogen-bond acceptors (Lipinski definition) is 2. The second-order valence-electron chi connectivity index (χ2n) is 33.5. The molecule has 0 spiro atoms. The van der Waals surface area contributed by atoms with Crippen molar-refractivity contribution < 1.29 is 0 Å². The van der Waals surface area contributed by atoms with E-state index in [0.717, 1.165) is 22.7 Å². The molecule has 0 saturated heterocycles. The zero-order chi connectivity index (χ0) is 68.6. The number of anilines is 6. The Hall–Kier alpha value is -10.4. The van der Waals surface area contributed by atoms with Crippen molar-refractivity contribution in [3.8, 4) is 33.6 Å². The molecule has 0 saturated carbocycles. The molecule has 2 aromatic heterocycles. The summed E-state index contributed by atoms with van der Waals surface area (Å²) in [5.74, 6) is 0. The van der Waals surface area contributed by atoms with Crippen molar-refractivity contribution in [3.05, 3.63) is 283 Å². The van der Waals surface area contributed by atoms with Crippen LogP contribution < -0.4 is 26.2 Å². The molecule has 5 heteroatoms. The Labute approximate surface area is 584 Å². The summed E-state index contributed by atoms with van der Waals surface area (Å²) >= 11 is 0. The summed E-state index contributed by atoms with van der Waals surface area (Å²) in [5.41, 5.74) is 29.1. The zero-order valence-electron chi connectivity index (χ0n) is 60.1. The fraction of sp³-hybridized carbons (Fsp3) is 0.213. The van der Waals surface area contributed by atoms with E-state index < -0.39 is 0 Å². The van der Waals surface area contributed by atoms with Crippen LogP contribution >= 0.6 is 0 Å². The van der Waals surface area contributed by atoms with Crippen molar-refractivity contribution >= 4 is 122 Å². The predicted molar refractivity (Wildman–Crippen MR) is 429 cm³/mol. The molecule has 4 nitrogen and oxygen atoms in total. The van der Waals surface area contributed by atoms with Crippen molar-refractivity contribution in [3.63, 3.8) is 0 Å². The highest BCUT2D eigenvalue weighted by Crippen LogP contribution is 2.51. The molecule has 486 valence electrons. The minimum Gasteiger partial charge on any atom is -0.311 e. The molecular weight excluding hydrogens is 1200 g/mol. The van der Waals surface area contributed by atoms with Gasteiger partial charge in [-0.05, 0) is 200 Å². The van der Waals surface area contributed by atoms with Crippen LogP contribution in [0.3, 0.4) is 0 Å². The molecule has 0 N–H and O–H groups in total. The van der Waals surface area contributed by atoms with Crippen LogP contribution in [0.1, 0.15) is 132 Å². The van der Waals surface area contributed by atoms with E-state index >= 15 is 0 Å². The number of para-hydroxylation sites is 4. The van der Waals surface area contributed by atoms with Crippen molar-refractivity contribution in [2.24, 2.45) is 0 Å². The molecule has 2 aliphatic heterocycles. The largest absolute Gasteiger partial charge is 0.311 e. The van der Waals surface area contributed by atoms with E-state index in [1.54, 1.807) is 0 Å². The van der Waals surface area contributed by atoms with E-state index in [4.69, 9.17) is 0 Å². The van der Waals surface area contributed by atoms with E-state index in [0.29, 0.717) is 0 Å². The highest BCUT2D eigenvalue weighted by molar-refractivity contribution is 7.00. The average Bonchev–Trinajstić information content (AvgIpc) is 0.815. The van der Waals surface area contributed by atoms with Crippen LogP contribution in [0.25, 0.3) is 98.8 Å². The highest BCUT2D eigenvalue weighted by Gasteiger charge is 2.45. The summed E-state index contributed by atoms with van der Waals surface area (Å²) in [5, 5.41) is 10.1. The second kappa shape index (κ2) is 22.1. The third-order valence-electron chi connectivity index (χ3n) is 21.8. The molecule has 0 radical (unpaired) electrons. The summed E-state index contributed by atoms with van der Waals surface area (Å²) in [7, 11) is 0. The lowest BCUT2D eigenvalue weighted by molar-refractivity contribution is 0.568. The summed E-state index contributed by atoms with van der Waals surface area (Å²) < 4.78 is 5.14. The Balaban J connectivity index is 0.939. The van der Waals surface area contributed by atoms with Crippen LogP contribution in [0.15, 0.2) is 255 Å². The SMILES string of the molecule is CC(C)(C)c1cc(-c2cc3c(c4ccccc24)c2ccccc2n3-c2ccc3c(c2)N(c2ccccc2)c2cc(C(C)(C)C)cc4c2B3c2ccc(-n3c5ccccc5c5c6ccccc6c(-c6cc(C(C)(C)C)cc(C(C)(C)C)c6)cc53)cc2N4c2ccccc2)cc(C(C)(C)C)c1. The molecule has 0 amide bonds. The highest BCUT2D eigenvalue weighted by atomic mass is 15.2. The number of aromatic nitrogens is 2. The van der Waals surface area contributed by atoms with Gasteiger partial charge in [-0.2, -0.15) is 0 Å². The summed E-state index contributed by atoms with van der Waals surface area (Å²) in [6, 6.07) is 98.4. The molecule has 0 fully saturated rings. The van der Waals surface area contributed by atoms with E-state index in [9.17, 15) is 0 Å². The van der Waals surface area contributed by atoms with Gasteiger partial charge in [-0.15, -0.1) is 0 Å². The van der Waals surface area contributed by atoms with Gasteiger partial charge in [0.25, 0.3) is 6.71 Å². The first-order valence-electron chi connectivity index (χ1n) is 35.7. The van der Waals surface area contributed by atoms with Gasteiger partial charge in [0.15, 0.2) is 0 Å². The number of rotatable bonds is 6. The Morgan fingerprint density at radius 2 is 0.556 bits per heavy atom. The minimum atomic E-state index is -0.205. The normalized spacial score (nSPS) is 13.5. The first kappa shape index (κ1) is 62.2. The molecular formula is C94H87BN4. The number of hydrogen-bond donors (Lipinski definition) is 0. The maximum Gasteiger partial charge on any atom is 0.252 e. The molecule has 13 aromatic carbocycles. The van der Waals surface area contributed by atoms with Crippen LogP contribution in [0.5, 0.6) is 0 Å². The summed E-state index contributed by atoms with van der Waals surface area (Å²) in [4.78, 5) is 5.18. The lowest BCUT2D eigenvalue weighted by atomic mass is 9.33. The van der Waals surface area contributed by atoms with Gasteiger partial charge in [-0.1, -0.05) is 274 Å². The van der Waals surface area contributed by atoms with Gasteiger partial charge >= 0.3 is 0 Å². The molecule has 2 aliphatic rings. The van der Waals surface area contributed by atoms with Crippen molar-refractivity contribution in [2.75, 3.05) is 9.80 Å². The van der Waals surface area contributed by atoms with Gasteiger partial charge in [0.1, 0.15) is 0 Å². The third-order valence-corrected chi connectivity index (χ3v) is 21.8. The number of fused-ring (bicyclic) bond motifs is 14. The Morgan fingerprint density at radius 1 is 0.242 bits per heavy atom. The molecule has 15 aromatic rings. The quantitative estimate of drug-likeness (QED) is 0.154. The molecule has 17 rings (SSSR count). The monoisotopic (exact) mass is 1280 g/mol. The zero-order valence-corrected chi connectivity index (χ0v) is 60.1. The maximum atomic E-state index is 2.59. The predicted octanol–water partition coefficient (Wildman–Crippen LogP) is 24.1. The van der Waals surface area contributed by atoms with Gasteiger partial charge < -0.3 is 18.9 Å². The van der Waals surface area contributed by atoms with Crippen LogP contribution in [0.2, 0.25) is 0 Å². The average molecular weight is 1280 g/mol. The molecule has 0 aliphatic carbocycles. The number of nitrogens with zero attached hydrogens (tertiary/aromatic N) is 4. The minimum absolute atomic E-state index is 0.0453. The number of benzene rings is 13. The first-order valence-corrected chi connectivity index (χ1v) is 35.7. The van der Waals surface area contributed by atoms with Crippen molar-refractivity contribution in [1.82, 2.24) is 9.13 Å². The third kappa shape index (κ3) is 9.99. The standard InChI is InChI=1S/C94H87BN4/c1-90(2,3)60-46-58(47-61(50-60)91(4,5)6)75-56-83-87(71-36-24-22-34-69(71)75)73-38-26-28-40-79(73)98(83)67-42-44-77-81(54-67)96(65-30-18-16-19-31-65)85-52-64(94(13,14)15)53-86-89(85)95(77)78-45-43-68(55-82(78)97(86)66-32-20-17-21-33-66)99-80-41-29-27-39-74(80)88-72-37-25-23-35-70(72)76(57-84(88)99)59-48-62(92(7,8)9)51-63(49-59)93(10,11)12/h16-57H,1-15H3. The molecule has 99 heavy (non-hydrogen) atoms. The fourth-order valence-electron chi connectivity index (χ4n) is 16.4. The van der Waals surface area contributed by atoms with E-state index in [2.05, 4.69) is 378 Å². The lowest BCUT2D eigenvalue weighted by Gasteiger charge is -2.45. The van der Waals surface area contributed by atoms with Crippen LogP contribution in [0, 0.1) is 0 Å². The van der Waals surface area contributed by atoms with Crippen molar-refractivity contribution in [1.29, 1.82) is 0 Å². The topological polar surface area (TPSA) is 16.3 Å². The van der Waals surface area contributed by atoms with Crippen LogP contribution in [-0.4, -0.2) is 15.8 Å². The van der Waals surface area contributed by atoms with Gasteiger partial charge in [0.05, 0.1) is 22.1 Å². The maximum absolute atomic E-state index is 2.59. The van der Waals surface area contributed by atoms with Crippen LogP contribution in [0.4, 0.5) is 34.1 Å². The van der Waals surface area contributed by atoms with Crippen molar-refractivity contribution in [2.45, 2.75) is 131 Å². The summed E-state index contributed by atoms with van der Waals surface area (Å²) in [6.45, 7) is 35.1. The first-order chi connectivity index (χ1) is 47.3. The summed E-state index contributed by atoms with van der Waals surface area (Å²) in [6.07, 6.45) is 0. The van der Waals surface area contributed by atoms with E-state index in [1.807, 2.05) is 0 Å². The Morgan fingerprint density at radius 3 is 0.909 bits per heavy atom. The van der Waals surface area contributed by atoms with Crippen LogP contribution in [-0.2, 0) is 27.1 Å².